The number of ether oxygens (including phenoxy) is 1. The van der Waals surface area contributed by atoms with Gasteiger partial charge >= 0.3 is 0 Å². The highest BCUT2D eigenvalue weighted by Crippen LogP contribution is 2.12. The summed E-state index contributed by atoms with van der Waals surface area (Å²) in [4.78, 5) is 2.51. The molecule has 1 N–H and O–H groups in total. The number of nitrogens with zero attached hydrogens (tertiary/aromatic N) is 1. The van der Waals surface area contributed by atoms with E-state index in [9.17, 15) is 4.39 Å². The quantitative estimate of drug-likeness (QED) is 0.746. The maximum atomic E-state index is 12.8. The average Bonchev–Trinajstić information content (AvgIpc) is 2.97. The average molecular weight is 294 g/mol. The van der Waals surface area contributed by atoms with Gasteiger partial charge in [-0.05, 0) is 63.9 Å². The minimum Gasteiger partial charge on any atom is -0.494 e. The van der Waals surface area contributed by atoms with Crippen molar-refractivity contribution in [3.8, 4) is 5.75 Å². The van der Waals surface area contributed by atoms with E-state index in [1.165, 1.54) is 25.0 Å². The molecule has 0 aromatic heterocycles. The molecule has 1 aromatic rings. The predicted molar refractivity (Wildman–Crippen MR) is 84.2 cm³/mol. The number of halogens is 1. The van der Waals surface area contributed by atoms with Crippen LogP contribution in [0.15, 0.2) is 24.3 Å². The van der Waals surface area contributed by atoms with E-state index in [4.69, 9.17) is 4.74 Å². The van der Waals surface area contributed by atoms with Crippen LogP contribution < -0.4 is 10.1 Å². The van der Waals surface area contributed by atoms with E-state index in [1.54, 1.807) is 12.1 Å². The SMILES string of the molecule is CC(C)N(CCCOc1ccc(F)cc1)CC1CCCN1. The van der Waals surface area contributed by atoms with Crippen molar-refractivity contribution in [1.29, 1.82) is 0 Å². The molecule has 1 aliphatic rings. The van der Waals surface area contributed by atoms with Gasteiger partial charge in [0.2, 0.25) is 0 Å². The van der Waals surface area contributed by atoms with Crippen molar-refractivity contribution in [2.45, 2.75) is 45.2 Å². The van der Waals surface area contributed by atoms with Gasteiger partial charge in [-0.3, -0.25) is 4.90 Å². The van der Waals surface area contributed by atoms with Gasteiger partial charge < -0.3 is 10.1 Å². The van der Waals surface area contributed by atoms with E-state index in [2.05, 4.69) is 24.1 Å². The summed E-state index contributed by atoms with van der Waals surface area (Å²) in [6, 6.07) is 7.42. The first-order valence-corrected chi connectivity index (χ1v) is 8.01. The van der Waals surface area contributed by atoms with Crippen molar-refractivity contribution in [2.75, 3.05) is 26.2 Å². The van der Waals surface area contributed by atoms with Gasteiger partial charge in [-0.1, -0.05) is 0 Å². The molecule has 3 nitrogen and oxygen atoms in total. The van der Waals surface area contributed by atoms with Crippen molar-refractivity contribution in [3.63, 3.8) is 0 Å². The zero-order valence-corrected chi connectivity index (χ0v) is 13.1. The van der Waals surface area contributed by atoms with Crippen LogP contribution in [0.5, 0.6) is 5.75 Å². The molecule has 1 unspecified atom stereocenters. The molecule has 1 heterocycles. The number of rotatable bonds is 8. The lowest BCUT2D eigenvalue weighted by molar-refractivity contribution is 0.183. The van der Waals surface area contributed by atoms with Crippen LogP contribution in [-0.4, -0.2) is 43.2 Å². The molecule has 1 saturated heterocycles. The fraction of sp³-hybridized carbons (Fsp3) is 0.647. The molecular weight excluding hydrogens is 267 g/mol. The lowest BCUT2D eigenvalue weighted by atomic mass is 10.2. The Hall–Kier alpha value is -1.13. The molecule has 1 atom stereocenters. The molecule has 4 heteroatoms. The van der Waals surface area contributed by atoms with Crippen LogP contribution in [0.25, 0.3) is 0 Å². The Kier molecular flexibility index (Phi) is 6.46. The molecule has 21 heavy (non-hydrogen) atoms. The van der Waals surface area contributed by atoms with Gasteiger partial charge in [-0.2, -0.15) is 0 Å². The molecule has 1 fully saturated rings. The lowest BCUT2D eigenvalue weighted by Crippen LogP contribution is -2.42. The fourth-order valence-electron chi connectivity index (χ4n) is 2.74. The predicted octanol–water partition coefficient (Wildman–Crippen LogP) is 3.06. The maximum absolute atomic E-state index is 12.8. The first-order chi connectivity index (χ1) is 10.1. The molecule has 0 spiro atoms. The summed E-state index contributed by atoms with van der Waals surface area (Å²) in [7, 11) is 0. The van der Waals surface area contributed by atoms with Gasteiger partial charge in [-0.15, -0.1) is 0 Å². The number of benzene rings is 1. The molecule has 0 bridgehead atoms. The highest BCUT2D eigenvalue weighted by atomic mass is 19.1. The van der Waals surface area contributed by atoms with Crippen molar-refractivity contribution in [1.82, 2.24) is 10.2 Å². The third-order valence-electron chi connectivity index (χ3n) is 4.02. The monoisotopic (exact) mass is 294 g/mol. The number of hydrogen-bond acceptors (Lipinski definition) is 3. The minimum absolute atomic E-state index is 0.225. The van der Waals surface area contributed by atoms with Gasteiger partial charge in [0, 0.05) is 25.2 Å². The summed E-state index contributed by atoms with van der Waals surface area (Å²) in [5, 5.41) is 3.56. The molecular formula is C17H27FN2O. The summed E-state index contributed by atoms with van der Waals surface area (Å²) in [5.74, 6) is 0.516. The van der Waals surface area contributed by atoms with Gasteiger partial charge in [0.05, 0.1) is 6.61 Å². The normalized spacial score (nSPS) is 18.6. The van der Waals surface area contributed by atoms with Crippen LogP contribution in [0, 0.1) is 5.82 Å². The van der Waals surface area contributed by atoms with E-state index >= 15 is 0 Å². The minimum atomic E-state index is -0.225. The van der Waals surface area contributed by atoms with Gasteiger partial charge in [0.1, 0.15) is 11.6 Å². The van der Waals surface area contributed by atoms with Crippen molar-refractivity contribution in [2.24, 2.45) is 0 Å². The Balaban J connectivity index is 1.67. The Bertz CT molecular complexity index is 402. The molecule has 118 valence electrons. The second-order valence-electron chi connectivity index (χ2n) is 6.04. The van der Waals surface area contributed by atoms with E-state index < -0.39 is 0 Å². The zero-order valence-electron chi connectivity index (χ0n) is 13.1. The lowest BCUT2D eigenvalue weighted by Gasteiger charge is -2.29. The fourth-order valence-corrected chi connectivity index (χ4v) is 2.74. The number of nitrogens with one attached hydrogen (secondary N) is 1. The second kappa shape index (κ2) is 8.35. The molecule has 0 radical (unpaired) electrons. The second-order valence-corrected chi connectivity index (χ2v) is 6.04. The van der Waals surface area contributed by atoms with Crippen molar-refractivity contribution < 1.29 is 9.13 Å². The first-order valence-electron chi connectivity index (χ1n) is 8.01. The van der Waals surface area contributed by atoms with Crippen LogP contribution in [0.4, 0.5) is 4.39 Å². The summed E-state index contributed by atoms with van der Waals surface area (Å²) in [6.45, 7) is 8.48. The zero-order chi connectivity index (χ0) is 15.1. The highest BCUT2D eigenvalue weighted by Gasteiger charge is 2.19. The van der Waals surface area contributed by atoms with Crippen LogP contribution in [0.1, 0.15) is 33.1 Å². The molecule has 1 aromatic carbocycles. The van der Waals surface area contributed by atoms with Crippen LogP contribution in [0.2, 0.25) is 0 Å². The van der Waals surface area contributed by atoms with E-state index in [0.717, 1.165) is 31.8 Å². The van der Waals surface area contributed by atoms with Gasteiger partial charge in [0.25, 0.3) is 0 Å². The standard InChI is InChI=1S/C17H27FN2O/c1-14(2)20(13-16-5-3-10-19-16)11-4-12-21-17-8-6-15(18)7-9-17/h6-9,14,16,19H,3-5,10-13H2,1-2H3. The Morgan fingerprint density at radius 1 is 1.33 bits per heavy atom. The molecule has 0 aliphatic carbocycles. The van der Waals surface area contributed by atoms with Crippen LogP contribution >= 0.6 is 0 Å². The highest BCUT2D eigenvalue weighted by molar-refractivity contribution is 5.21. The van der Waals surface area contributed by atoms with Crippen molar-refractivity contribution >= 4 is 0 Å². The molecule has 0 amide bonds. The number of hydrogen-bond donors (Lipinski definition) is 1. The third kappa shape index (κ3) is 5.64. The summed E-state index contributed by atoms with van der Waals surface area (Å²) in [6.07, 6.45) is 3.57. The first kappa shape index (κ1) is 16.2. The van der Waals surface area contributed by atoms with E-state index in [-0.39, 0.29) is 5.82 Å². The molecule has 0 saturated carbocycles. The maximum Gasteiger partial charge on any atom is 0.123 e. The molecule has 2 rings (SSSR count). The molecule has 1 aliphatic heterocycles. The summed E-state index contributed by atoms with van der Waals surface area (Å²) in [5.41, 5.74) is 0. The summed E-state index contributed by atoms with van der Waals surface area (Å²) < 4.78 is 18.4. The Labute approximate surface area is 127 Å². The largest absolute Gasteiger partial charge is 0.494 e. The van der Waals surface area contributed by atoms with Gasteiger partial charge in [0.15, 0.2) is 0 Å². The van der Waals surface area contributed by atoms with Crippen molar-refractivity contribution in [3.05, 3.63) is 30.1 Å². The van der Waals surface area contributed by atoms with Gasteiger partial charge in [-0.25, -0.2) is 4.39 Å². The smallest absolute Gasteiger partial charge is 0.123 e. The van der Waals surface area contributed by atoms with Crippen LogP contribution in [0.3, 0.4) is 0 Å². The van der Waals surface area contributed by atoms with E-state index in [0.29, 0.717) is 18.7 Å². The Morgan fingerprint density at radius 3 is 2.71 bits per heavy atom. The van der Waals surface area contributed by atoms with E-state index in [1.807, 2.05) is 0 Å². The summed E-state index contributed by atoms with van der Waals surface area (Å²) >= 11 is 0. The topological polar surface area (TPSA) is 24.5 Å². The van der Waals surface area contributed by atoms with Crippen LogP contribution in [-0.2, 0) is 0 Å². The third-order valence-corrected chi connectivity index (χ3v) is 4.02. The Morgan fingerprint density at radius 2 is 2.10 bits per heavy atom.